The molecule has 0 aliphatic carbocycles. The highest BCUT2D eigenvalue weighted by molar-refractivity contribution is 6.04. The van der Waals surface area contributed by atoms with Gasteiger partial charge in [-0.15, -0.1) is 0 Å². The van der Waals surface area contributed by atoms with Gasteiger partial charge >= 0.3 is 5.97 Å². The molecule has 0 heterocycles. The summed E-state index contributed by atoms with van der Waals surface area (Å²) in [4.78, 5) is 59.6. The zero-order valence-corrected chi connectivity index (χ0v) is 23.4. The molecule has 0 aromatic heterocycles. The molecule has 0 saturated heterocycles. The summed E-state index contributed by atoms with van der Waals surface area (Å²) >= 11 is 0. The number of benzene rings is 1. The third-order valence-electron chi connectivity index (χ3n) is 3.99. The van der Waals surface area contributed by atoms with Crippen LogP contribution >= 0.6 is 0 Å². The van der Waals surface area contributed by atoms with Crippen molar-refractivity contribution in [3.05, 3.63) is 29.3 Å². The topological polar surface area (TPSA) is 107 Å². The molecule has 8 heteroatoms. The summed E-state index contributed by atoms with van der Waals surface area (Å²) < 4.78 is 10.7. The molecule has 0 N–H and O–H groups in total. The number of amides is 2. The Hall–Kier alpha value is -3.03. The fourth-order valence-electron chi connectivity index (χ4n) is 2.68. The van der Waals surface area contributed by atoms with Crippen molar-refractivity contribution in [1.82, 2.24) is 4.90 Å². The first-order valence-corrected chi connectivity index (χ1v) is 12.2. The summed E-state index contributed by atoms with van der Waals surface area (Å²) in [7, 11) is 0. The lowest BCUT2D eigenvalue weighted by atomic mass is 10.0. The van der Waals surface area contributed by atoms with Crippen molar-refractivity contribution in [2.75, 3.05) is 6.61 Å². The maximum atomic E-state index is 12.9. The minimum absolute atomic E-state index is 0.0416. The van der Waals surface area contributed by atoms with Gasteiger partial charge in [-0.2, -0.15) is 0 Å². The monoisotopic (exact) mass is 495 g/mol. The molecular formula is C27H45NO7. The number of carbonyl (C=O) groups is 5. The molecule has 0 fully saturated rings. The second-order valence-corrected chi connectivity index (χ2v) is 7.49. The maximum Gasteiger partial charge on any atom is 0.344 e. The highest BCUT2D eigenvalue weighted by Crippen LogP contribution is 2.24. The van der Waals surface area contributed by atoms with Crippen LogP contribution in [0.5, 0.6) is 5.75 Å². The van der Waals surface area contributed by atoms with Gasteiger partial charge in [-0.1, -0.05) is 47.6 Å². The van der Waals surface area contributed by atoms with E-state index in [2.05, 4.69) is 0 Å². The second-order valence-electron chi connectivity index (χ2n) is 7.49. The molecule has 1 aromatic carbocycles. The fourth-order valence-corrected chi connectivity index (χ4v) is 2.68. The van der Waals surface area contributed by atoms with Gasteiger partial charge in [-0.3, -0.25) is 19.3 Å². The lowest BCUT2D eigenvalue weighted by Gasteiger charge is -2.25. The number of carbonyl (C=O) groups excluding carboxylic acids is 5. The zero-order chi connectivity index (χ0) is 28.2. The lowest BCUT2D eigenvalue weighted by molar-refractivity contribution is -0.157. The lowest BCUT2D eigenvalue weighted by Crippen LogP contribution is -2.43. The van der Waals surface area contributed by atoms with E-state index in [1.807, 2.05) is 41.5 Å². The number of esters is 1. The van der Waals surface area contributed by atoms with Crippen LogP contribution in [0.25, 0.3) is 0 Å². The number of nitrogens with zero attached hydrogens (tertiary/aromatic N) is 1. The number of hydrogen-bond acceptors (Lipinski definition) is 7. The minimum Gasteiger partial charge on any atom is -0.482 e. The number of ether oxygens (including phenoxy) is 2. The predicted molar refractivity (Wildman–Crippen MR) is 139 cm³/mol. The molecule has 0 aliphatic rings. The Labute approximate surface area is 211 Å². The van der Waals surface area contributed by atoms with E-state index in [1.54, 1.807) is 39.8 Å². The number of Topliss-reactive ketones (excluding diaryl/α,β-unsaturated/α-hetero) is 1. The number of hydrogen-bond donors (Lipinski definition) is 0. The van der Waals surface area contributed by atoms with E-state index in [9.17, 15) is 24.0 Å². The summed E-state index contributed by atoms with van der Waals surface area (Å²) in [5.74, 6) is -1.37. The van der Waals surface area contributed by atoms with Gasteiger partial charge in [-0.05, 0) is 53.2 Å². The van der Waals surface area contributed by atoms with Crippen LogP contribution in [-0.4, -0.2) is 53.5 Å². The van der Waals surface area contributed by atoms with Gasteiger partial charge in [0.05, 0.1) is 6.04 Å². The summed E-state index contributed by atoms with van der Waals surface area (Å²) in [6.07, 6.45) is 1.00. The van der Waals surface area contributed by atoms with E-state index in [-0.39, 0.29) is 37.2 Å². The number of imide groups is 1. The number of rotatable bonds is 10. The third-order valence-corrected chi connectivity index (χ3v) is 3.99. The van der Waals surface area contributed by atoms with Crippen LogP contribution in [0.4, 0.5) is 0 Å². The van der Waals surface area contributed by atoms with E-state index in [0.717, 1.165) is 4.90 Å². The quantitative estimate of drug-likeness (QED) is 0.319. The average Bonchev–Trinajstić information content (AvgIpc) is 2.83. The van der Waals surface area contributed by atoms with Crippen molar-refractivity contribution < 1.29 is 33.4 Å². The largest absolute Gasteiger partial charge is 0.482 e. The average molecular weight is 496 g/mol. The maximum absolute atomic E-state index is 12.9. The van der Waals surface area contributed by atoms with Crippen LogP contribution in [0.15, 0.2) is 18.2 Å². The van der Waals surface area contributed by atoms with E-state index in [1.165, 1.54) is 13.0 Å². The van der Waals surface area contributed by atoms with Crippen LogP contribution in [-0.2, 0) is 23.9 Å². The standard InChI is InChI=1S/C21H27NO7.3C2H6/c1-14-16(20(27)22(13-24)17(15(2)25)9-7-11-23)8-6-10-18(14)28-12-19(26)29-21(3,4)5;3*1-2/h6,8,10-11,13,17H,7,9,12H2,1-5H3;3*1-2H3. The van der Waals surface area contributed by atoms with E-state index in [0.29, 0.717) is 11.8 Å². The van der Waals surface area contributed by atoms with Gasteiger partial charge < -0.3 is 14.3 Å². The molecule has 0 spiro atoms. The molecule has 200 valence electrons. The van der Waals surface area contributed by atoms with Crippen molar-refractivity contribution in [2.24, 2.45) is 0 Å². The van der Waals surface area contributed by atoms with Crippen LogP contribution in [0, 0.1) is 6.92 Å². The minimum atomic E-state index is -1.03. The van der Waals surface area contributed by atoms with Gasteiger partial charge in [-0.25, -0.2) is 4.79 Å². The van der Waals surface area contributed by atoms with Gasteiger partial charge in [0.15, 0.2) is 12.4 Å². The van der Waals surface area contributed by atoms with Crippen LogP contribution in [0.3, 0.4) is 0 Å². The summed E-state index contributed by atoms with van der Waals surface area (Å²) in [6, 6.07) is 3.58. The first-order valence-electron chi connectivity index (χ1n) is 12.2. The molecule has 8 nitrogen and oxygen atoms in total. The van der Waals surface area contributed by atoms with Crippen molar-refractivity contribution in [3.8, 4) is 5.75 Å². The summed E-state index contributed by atoms with van der Waals surface area (Å²) in [6.45, 7) is 19.7. The number of aldehydes is 1. The van der Waals surface area contributed by atoms with Crippen LogP contribution < -0.4 is 4.74 Å². The Balaban J connectivity index is -0.00000158. The van der Waals surface area contributed by atoms with E-state index >= 15 is 0 Å². The SMILES string of the molecule is CC.CC.CC.CC(=O)C(CCC=O)N(C=O)C(=O)c1cccc(OCC(=O)OC(C)(C)C)c1C. The smallest absolute Gasteiger partial charge is 0.344 e. The van der Waals surface area contributed by atoms with Crippen LogP contribution in [0.2, 0.25) is 0 Å². The normalized spacial score (nSPS) is 10.4. The second kappa shape index (κ2) is 20.4. The predicted octanol–water partition coefficient (Wildman–Crippen LogP) is 5.33. The molecule has 0 saturated carbocycles. The highest BCUT2D eigenvalue weighted by Gasteiger charge is 2.29. The van der Waals surface area contributed by atoms with Crippen molar-refractivity contribution >= 4 is 30.4 Å². The molecule has 35 heavy (non-hydrogen) atoms. The van der Waals surface area contributed by atoms with E-state index < -0.39 is 29.3 Å². The molecule has 1 atom stereocenters. The first-order chi connectivity index (χ1) is 16.5. The molecule has 1 unspecified atom stereocenters. The molecule has 1 rings (SSSR count). The molecular weight excluding hydrogens is 450 g/mol. The molecule has 0 bridgehead atoms. The summed E-state index contributed by atoms with van der Waals surface area (Å²) in [5, 5.41) is 0. The molecule has 1 aromatic rings. The Kier molecular flexibility index (Phi) is 21.2. The molecule has 2 amide bonds. The van der Waals surface area contributed by atoms with Crippen LogP contribution in [0.1, 0.15) is 98.0 Å². The van der Waals surface area contributed by atoms with Gasteiger partial charge in [0.1, 0.15) is 17.6 Å². The Morgan fingerprint density at radius 2 is 1.54 bits per heavy atom. The highest BCUT2D eigenvalue weighted by atomic mass is 16.6. The van der Waals surface area contributed by atoms with E-state index in [4.69, 9.17) is 9.47 Å². The Morgan fingerprint density at radius 3 is 1.97 bits per heavy atom. The van der Waals surface area contributed by atoms with Crippen molar-refractivity contribution in [3.63, 3.8) is 0 Å². The molecule has 0 radical (unpaired) electrons. The van der Waals surface area contributed by atoms with Gasteiger partial charge in [0, 0.05) is 17.5 Å². The summed E-state index contributed by atoms with van der Waals surface area (Å²) in [5.41, 5.74) is -0.0946. The van der Waals surface area contributed by atoms with Gasteiger partial charge in [0.25, 0.3) is 5.91 Å². The number of ketones is 1. The Morgan fingerprint density at radius 1 is 1.00 bits per heavy atom. The molecule has 0 aliphatic heterocycles. The third kappa shape index (κ3) is 14.1. The van der Waals surface area contributed by atoms with Gasteiger partial charge in [0.2, 0.25) is 6.41 Å². The van der Waals surface area contributed by atoms with Crippen molar-refractivity contribution in [2.45, 2.75) is 101 Å². The zero-order valence-electron chi connectivity index (χ0n) is 23.4. The Bertz CT molecular complexity index is 782. The first kappa shape index (κ1) is 36.5. The fraction of sp³-hybridized carbons (Fsp3) is 0.593. The van der Waals surface area contributed by atoms with Crippen molar-refractivity contribution in [1.29, 1.82) is 0 Å².